The standard InChI is InChI=1S/C25H15Br2ClN2O4/c26-17-12-16(13-20-24(32)29-30(25(20)33)19-4-2-1-3-5-19)23(21(27)14-17)34-22(31)11-8-15-6-9-18(28)10-7-15/h1-14H,(H,29,32)/b11-8+,20-13+. The van der Waals surface area contributed by atoms with Gasteiger partial charge < -0.3 is 4.74 Å². The number of hydrazine groups is 1. The van der Waals surface area contributed by atoms with Crippen LogP contribution in [0.1, 0.15) is 11.1 Å². The molecule has 1 saturated heterocycles. The molecule has 0 unspecified atom stereocenters. The zero-order valence-electron chi connectivity index (χ0n) is 17.3. The first-order chi connectivity index (χ1) is 16.3. The number of nitrogens with zero attached hydrogens (tertiary/aromatic N) is 1. The molecular weight excluding hydrogens is 588 g/mol. The highest BCUT2D eigenvalue weighted by molar-refractivity contribution is 9.11. The number of rotatable bonds is 5. The highest BCUT2D eigenvalue weighted by Gasteiger charge is 2.34. The maximum absolute atomic E-state index is 12.9. The number of halogens is 3. The predicted octanol–water partition coefficient (Wildman–Crippen LogP) is 5.95. The number of amides is 2. The molecule has 34 heavy (non-hydrogen) atoms. The Morgan fingerprint density at radius 2 is 1.71 bits per heavy atom. The Hall–Kier alpha value is -3.20. The minimum Gasteiger partial charge on any atom is -0.422 e. The van der Waals surface area contributed by atoms with Gasteiger partial charge in [0.1, 0.15) is 5.57 Å². The van der Waals surface area contributed by atoms with Crippen molar-refractivity contribution >= 4 is 79.1 Å². The molecule has 3 aromatic carbocycles. The highest BCUT2D eigenvalue weighted by atomic mass is 79.9. The summed E-state index contributed by atoms with van der Waals surface area (Å²) in [6.45, 7) is 0. The molecule has 0 saturated carbocycles. The summed E-state index contributed by atoms with van der Waals surface area (Å²) >= 11 is 12.7. The molecule has 0 aliphatic carbocycles. The minimum absolute atomic E-state index is 0.0946. The van der Waals surface area contributed by atoms with Gasteiger partial charge in [0.15, 0.2) is 5.75 Å². The second-order valence-corrected chi connectivity index (χ2v) is 9.29. The number of para-hydroxylation sites is 1. The summed E-state index contributed by atoms with van der Waals surface area (Å²) < 4.78 is 6.67. The fourth-order valence-electron chi connectivity index (χ4n) is 3.14. The van der Waals surface area contributed by atoms with Gasteiger partial charge >= 0.3 is 5.97 Å². The number of carbonyl (C=O) groups excluding carboxylic acids is 3. The van der Waals surface area contributed by atoms with Crippen LogP contribution in [-0.4, -0.2) is 17.8 Å². The van der Waals surface area contributed by atoms with E-state index in [1.165, 1.54) is 17.2 Å². The first kappa shape index (κ1) is 23.9. The third-order valence-corrected chi connectivity index (χ3v) is 6.03. The van der Waals surface area contributed by atoms with Gasteiger partial charge in [-0.05, 0) is 70.0 Å². The molecule has 0 aromatic heterocycles. The van der Waals surface area contributed by atoms with Gasteiger partial charge in [0.05, 0.1) is 10.2 Å². The summed E-state index contributed by atoms with van der Waals surface area (Å²) in [6, 6.07) is 19.0. The molecule has 170 valence electrons. The van der Waals surface area contributed by atoms with E-state index in [0.717, 1.165) is 5.56 Å². The second-order valence-electron chi connectivity index (χ2n) is 7.09. The maximum atomic E-state index is 12.9. The average Bonchev–Trinajstić information content (AvgIpc) is 3.10. The lowest BCUT2D eigenvalue weighted by Crippen LogP contribution is -2.35. The van der Waals surface area contributed by atoms with Gasteiger partial charge in [-0.2, -0.15) is 0 Å². The lowest BCUT2D eigenvalue weighted by Gasteiger charge is -2.14. The number of esters is 1. The van der Waals surface area contributed by atoms with Crippen LogP contribution >= 0.6 is 43.5 Å². The van der Waals surface area contributed by atoms with Crippen molar-refractivity contribution < 1.29 is 19.1 Å². The smallest absolute Gasteiger partial charge is 0.336 e. The molecule has 1 aliphatic rings. The fraction of sp³-hybridized carbons (Fsp3) is 0. The second kappa shape index (κ2) is 10.4. The van der Waals surface area contributed by atoms with E-state index in [9.17, 15) is 14.4 Å². The van der Waals surface area contributed by atoms with Gasteiger partial charge in [-0.25, -0.2) is 9.80 Å². The molecule has 0 radical (unpaired) electrons. The molecule has 0 atom stereocenters. The number of benzene rings is 3. The Kier molecular flexibility index (Phi) is 7.31. The van der Waals surface area contributed by atoms with E-state index in [0.29, 0.717) is 25.2 Å². The van der Waals surface area contributed by atoms with E-state index in [1.54, 1.807) is 66.7 Å². The Morgan fingerprint density at radius 1 is 1.00 bits per heavy atom. The van der Waals surface area contributed by atoms with Crippen LogP contribution in [0, 0.1) is 0 Å². The topological polar surface area (TPSA) is 75.7 Å². The molecule has 1 N–H and O–H groups in total. The summed E-state index contributed by atoms with van der Waals surface area (Å²) in [4.78, 5) is 38.0. The van der Waals surface area contributed by atoms with Crippen LogP contribution in [0.2, 0.25) is 5.02 Å². The lowest BCUT2D eigenvalue weighted by atomic mass is 10.1. The van der Waals surface area contributed by atoms with Crippen LogP contribution in [0.15, 0.2) is 87.3 Å². The zero-order chi connectivity index (χ0) is 24.2. The van der Waals surface area contributed by atoms with E-state index in [-0.39, 0.29) is 11.3 Å². The van der Waals surface area contributed by atoms with Gasteiger partial charge in [0.25, 0.3) is 11.8 Å². The summed E-state index contributed by atoms with van der Waals surface area (Å²) in [7, 11) is 0. The molecule has 0 spiro atoms. The van der Waals surface area contributed by atoms with Gasteiger partial charge in [-0.15, -0.1) is 0 Å². The molecule has 4 rings (SSSR count). The van der Waals surface area contributed by atoms with Crippen molar-refractivity contribution in [3.05, 3.63) is 103 Å². The van der Waals surface area contributed by atoms with Crippen LogP contribution in [-0.2, 0) is 14.4 Å². The molecule has 1 fully saturated rings. The molecule has 3 aromatic rings. The van der Waals surface area contributed by atoms with E-state index in [4.69, 9.17) is 16.3 Å². The zero-order valence-corrected chi connectivity index (χ0v) is 21.2. The molecule has 2 amide bonds. The van der Waals surface area contributed by atoms with Gasteiger partial charge in [-0.1, -0.05) is 57.9 Å². The Morgan fingerprint density at radius 3 is 2.41 bits per heavy atom. The predicted molar refractivity (Wildman–Crippen MR) is 138 cm³/mol. The van der Waals surface area contributed by atoms with Crippen molar-refractivity contribution in [2.24, 2.45) is 0 Å². The summed E-state index contributed by atoms with van der Waals surface area (Å²) in [5.41, 5.74) is 4.11. The van der Waals surface area contributed by atoms with E-state index >= 15 is 0 Å². The summed E-state index contributed by atoms with van der Waals surface area (Å²) in [5.74, 6) is -1.55. The van der Waals surface area contributed by atoms with Crippen LogP contribution in [0.4, 0.5) is 5.69 Å². The monoisotopic (exact) mass is 600 g/mol. The third kappa shape index (κ3) is 5.47. The van der Waals surface area contributed by atoms with Crippen molar-refractivity contribution in [1.29, 1.82) is 0 Å². The summed E-state index contributed by atoms with van der Waals surface area (Å²) in [6.07, 6.45) is 4.26. The van der Waals surface area contributed by atoms with Crippen LogP contribution < -0.4 is 15.2 Å². The largest absolute Gasteiger partial charge is 0.422 e. The van der Waals surface area contributed by atoms with Gasteiger partial charge in [0, 0.05) is 21.1 Å². The Labute approximate surface area is 217 Å². The SMILES string of the molecule is O=C(/C=C/c1ccc(Cl)cc1)Oc1c(Br)cc(Br)cc1/C=C1\C(=O)NN(c2ccccc2)C1=O. The Balaban J connectivity index is 1.62. The van der Waals surface area contributed by atoms with Gasteiger partial charge in [0.2, 0.25) is 0 Å². The molecule has 6 nitrogen and oxygen atoms in total. The first-order valence-corrected chi connectivity index (χ1v) is 11.8. The number of anilines is 1. The average molecular weight is 603 g/mol. The molecule has 9 heteroatoms. The Bertz CT molecular complexity index is 1340. The maximum Gasteiger partial charge on any atom is 0.336 e. The molecule has 1 heterocycles. The highest BCUT2D eigenvalue weighted by Crippen LogP contribution is 2.35. The van der Waals surface area contributed by atoms with Crippen molar-refractivity contribution in [3.8, 4) is 5.75 Å². The lowest BCUT2D eigenvalue weighted by molar-refractivity contribution is -0.129. The minimum atomic E-state index is -0.634. The number of carbonyl (C=O) groups is 3. The van der Waals surface area contributed by atoms with Crippen molar-refractivity contribution in [3.63, 3.8) is 0 Å². The van der Waals surface area contributed by atoms with Crippen LogP contribution in [0.25, 0.3) is 12.2 Å². The quantitative estimate of drug-likeness (QED) is 0.170. The van der Waals surface area contributed by atoms with Crippen molar-refractivity contribution in [1.82, 2.24) is 5.43 Å². The van der Waals surface area contributed by atoms with Crippen LogP contribution in [0.5, 0.6) is 5.75 Å². The molecular formula is C25H15Br2ClN2O4. The molecule has 0 bridgehead atoms. The van der Waals surface area contributed by atoms with E-state index in [2.05, 4.69) is 37.3 Å². The van der Waals surface area contributed by atoms with Crippen LogP contribution in [0.3, 0.4) is 0 Å². The van der Waals surface area contributed by atoms with Crippen molar-refractivity contribution in [2.75, 3.05) is 5.01 Å². The number of hydrogen-bond donors (Lipinski definition) is 1. The van der Waals surface area contributed by atoms with E-state index < -0.39 is 17.8 Å². The normalized spacial score (nSPS) is 14.7. The number of ether oxygens (including phenoxy) is 1. The summed E-state index contributed by atoms with van der Waals surface area (Å²) in [5, 5.41) is 1.76. The van der Waals surface area contributed by atoms with E-state index in [1.807, 2.05) is 6.07 Å². The molecule has 1 aliphatic heterocycles. The fourth-order valence-corrected chi connectivity index (χ4v) is 4.60. The number of nitrogens with one attached hydrogen (secondary N) is 1. The number of hydrogen-bond acceptors (Lipinski definition) is 4. The van der Waals surface area contributed by atoms with Crippen molar-refractivity contribution in [2.45, 2.75) is 0 Å². The van der Waals surface area contributed by atoms with Gasteiger partial charge in [-0.3, -0.25) is 15.0 Å². The third-order valence-electron chi connectivity index (χ3n) is 4.73. The first-order valence-electron chi connectivity index (χ1n) is 9.88.